The molecule has 0 aromatic heterocycles. The first-order valence-corrected chi connectivity index (χ1v) is 8.42. The van der Waals surface area contributed by atoms with E-state index in [0.717, 1.165) is 31.2 Å². The van der Waals surface area contributed by atoms with Crippen LogP contribution in [0.1, 0.15) is 45.1 Å². The van der Waals surface area contributed by atoms with Gasteiger partial charge in [0.25, 0.3) is 0 Å². The van der Waals surface area contributed by atoms with E-state index in [1.165, 1.54) is 0 Å². The van der Waals surface area contributed by atoms with Crippen molar-refractivity contribution in [3.8, 4) is 0 Å². The van der Waals surface area contributed by atoms with Gasteiger partial charge in [0.1, 0.15) is 6.04 Å². The predicted octanol–water partition coefficient (Wildman–Crippen LogP) is 1.85. The fraction of sp³-hybridized carbons (Fsp3) is 0.556. The standard InChI is InChI=1S/C18H25N3O2/c1-18(2,12-8-4-3-5-9-12)19-17(23)15-13-10-6-7-11-14(13)16(22)21-20-15/h3-5,8-9,13-15,20H,6-7,10-11H2,1-2H3,(H,19,23)(H,21,22). The zero-order valence-corrected chi connectivity index (χ0v) is 13.8. The van der Waals surface area contributed by atoms with Crippen molar-refractivity contribution in [2.45, 2.75) is 51.1 Å². The Labute approximate surface area is 137 Å². The van der Waals surface area contributed by atoms with Crippen LogP contribution in [0.15, 0.2) is 30.3 Å². The van der Waals surface area contributed by atoms with E-state index in [-0.39, 0.29) is 29.7 Å². The molecule has 5 heteroatoms. The highest BCUT2D eigenvalue weighted by Crippen LogP contribution is 2.34. The van der Waals surface area contributed by atoms with Gasteiger partial charge in [-0.25, -0.2) is 5.43 Å². The van der Waals surface area contributed by atoms with Gasteiger partial charge in [-0.1, -0.05) is 43.2 Å². The van der Waals surface area contributed by atoms with Crippen molar-refractivity contribution in [2.24, 2.45) is 11.8 Å². The first kappa shape index (κ1) is 16.0. The van der Waals surface area contributed by atoms with E-state index >= 15 is 0 Å². The van der Waals surface area contributed by atoms with Gasteiger partial charge in [0, 0.05) is 5.92 Å². The number of fused-ring (bicyclic) bond motifs is 1. The molecule has 1 aromatic rings. The number of hydrogen-bond donors (Lipinski definition) is 3. The van der Waals surface area contributed by atoms with E-state index < -0.39 is 5.54 Å². The molecule has 3 unspecified atom stereocenters. The van der Waals surface area contributed by atoms with Gasteiger partial charge in [-0.15, -0.1) is 0 Å². The molecule has 1 saturated heterocycles. The predicted molar refractivity (Wildman–Crippen MR) is 88.1 cm³/mol. The van der Waals surface area contributed by atoms with Crippen molar-refractivity contribution >= 4 is 11.8 Å². The minimum absolute atomic E-state index is 0.0288. The van der Waals surface area contributed by atoms with Crippen LogP contribution in [0.3, 0.4) is 0 Å². The van der Waals surface area contributed by atoms with E-state index in [0.29, 0.717) is 0 Å². The van der Waals surface area contributed by atoms with Gasteiger partial charge in [0.05, 0.1) is 5.54 Å². The lowest BCUT2D eigenvalue weighted by molar-refractivity contribution is -0.138. The quantitative estimate of drug-likeness (QED) is 0.797. The monoisotopic (exact) mass is 315 g/mol. The number of rotatable bonds is 3. The smallest absolute Gasteiger partial charge is 0.239 e. The molecule has 1 heterocycles. The minimum atomic E-state index is -0.453. The van der Waals surface area contributed by atoms with Crippen molar-refractivity contribution in [3.63, 3.8) is 0 Å². The third kappa shape index (κ3) is 3.24. The molecule has 3 N–H and O–H groups in total. The second-order valence-electron chi connectivity index (χ2n) is 7.15. The first-order valence-electron chi connectivity index (χ1n) is 8.42. The number of carbonyl (C=O) groups is 2. The molecule has 0 radical (unpaired) electrons. The molecular formula is C18H25N3O2. The molecule has 0 bridgehead atoms. The number of hydrogen-bond acceptors (Lipinski definition) is 3. The number of hydrazine groups is 1. The van der Waals surface area contributed by atoms with Crippen LogP contribution in [-0.2, 0) is 15.1 Å². The maximum absolute atomic E-state index is 12.8. The Hall–Kier alpha value is -1.88. The average molecular weight is 315 g/mol. The molecule has 1 saturated carbocycles. The van der Waals surface area contributed by atoms with E-state index in [1.54, 1.807) is 0 Å². The van der Waals surface area contributed by atoms with Crippen molar-refractivity contribution in [3.05, 3.63) is 35.9 Å². The zero-order chi connectivity index (χ0) is 16.4. The molecule has 3 atom stereocenters. The van der Waals surface area contributed by atoms with Crippen LogP contribution in [0.5, 0.6) is 0 Å². The number of carbonyl (C=O) groups excluding carboxylic acids is 2. The number of amides is 2. The van der Waals surface area contributed by atoms with E-state index in [2.05, 4.69) is 16.2 Å². The molecule has 124 valence electrons. The van der Waals surface area contributed by atoms with Gasteiger partial charge in [-0.3, -0.25) is 15.0 Å². The van der Waals surface area contributed by atoms with E-state index in [1.807, 2.05) is 44.2 Å². The van der Waals surface area contributed by atoms with Crippen LogP contribution in [-0.4, -0.2) is 17.9 Å². The molecular weight excluding hydrogens is 290 g/mol. The number of benzene rings is 1. The third-order valence-corrected chi connectivity index (χ3v) is 5.15. The fourth-order valence-electron chi connectivity index (χ4n) is 3.81. The Morgan fingerprint density at radius 1 is 1.17 bits per heavy atom. The highest BCUT2D eigenvalue weighted by Gasteiger charge is 2.43. The van der Waals surface area contributed by atoms with Crippen LogP contribution >= 0.6 is 0 Å². The summed E-state index contributed by atoms with van der Waals surface area (Å²) in [6, 6.07) is 9.58. The maximum Gasteiger partial charge on any atom is 0.239 e. The van der Waals surface area contributed by atoms with Crippen molar-refractivity contribution in [2.75, 3.05) is 0 Å². The summed E-state index contributed by atoms with van der Waals surface area (Å²) in [6.07, 6.45) is 3.96. The summed E-state index contributed by atoms with van der Waals surface area (Å²) in [4.78, 5) is 24.8. The molecule has 2 amide bonds. The van der Waals surface area contributed by atoms with Gasteiger partial charge in [-0.05, 0) is 38.2 Å². The van der Waals surface area contributed by atoms with E-state index in [9.17, 15) is 9.59 Å². The highest BCUT2D eigenvalue weighted by molar-refractivity contribution is 5.87. The van der Waals surface area contributed by atoms with Gasteiger partial charge in [0.2, 0.25) is 11.8 Å². The Morgan fingerprint density at radius 3 is 2.61 bits per heavy atom. The molecule has 5 nitrogen and oxygen atoms in total. The summed E-state index contributed by atoms with van der Waals surface area (Å²) in [5, 5.41) is 3.14. The normalized spacial score (nSPS) is 27.7. The van der Waals surface area contributed by atoms with Crippen molar-refractivity contribution in [1.82, 2.24) is 16.2 Å². The largest absolute Gasteiger partial charge is 0.346 e. The Morgan fingerprint density at radius 2 is 1.87 bits per heavy atom. The summed E-state index contributed by atoms with van der Waals surface area (Å²) in [5.41, 5.74) is 6.23. The molecule has 1 aliphatic carbocycles. The van der Waals surface area contributed by atoms with Gasteiger partial charge in [-0.2, -0.15) is 0 Å². The zero-order valence-electron chi connectivity index (χ0n) is 13.8. The number of nitrogens with one attached hydrogen (secondary N) is 3. The van der Waals surface area contributed by atoms with Crippen molar-refractivity contribution in [1.29, 1.82) is 0 Å². The summed E-state index contributed by atoms with van der Waals surface area (Å²) < 4.78 is 0. The molecule has 1 aliphatic heterocycles. The lowest BCUT2D eigenvalue weighted by atomic mass is 9.73. The SMILES string of the molecule is CC(C)(NC(=O)C1NNC(=O)C2CCCCC21)c1ccccc1. The van der Waals surface area contributed by atoms with Gasteiger partial charge < -0.3 is 5.32 Å². The average Bonchev–Trinajstić information content (AvgIpc) is 2.56. The fourth-order valence-corrected chi connectivity index (χ4v) is 3.81. The second kappa shape index (κ2) is 6.32. The molecule has 2 fully saturated rings. The molecule has 3 rings (SSSR count). The van der Waals surface area contributed by atoms with Crippen LogP contribution in [0.25, 0.3) is 0 Å². The van der Waals surface area contributed by atoms with Crippen LogP contribution in [0.2, 0.25) is 0 Å². The van der Waals surface area contributed by atoms with Crippen LogP contribution in [0.4, 0.5) is 0 Å². The summed E-state index contributed by atoms with van der Waals surface area (Å²) in [6.45, 7) is 4.00. The lowest BCUT2D eigenvalue weighted by Gasteiger charge is -2.41. The van der Waals surface area contributed by atoms with Crippen LogP contribution in [0, 0.1) is 11.8 Å². The maximum atomic E-state index is 12.8. The molecule has 23 heavy (non-hydrogen) atoms. The Kier molecular flexibility index (Phi) is 4.39. The van der Waals surface area contributed by atoms with Crippen molar-refractivity contribution < 1.29 is 9.59 Å². The minimum Gasteiger partial charge on any atom is -0.346 e. The first-order chi connectivity index (χ1) is 11.0. The topological polar surface area (TPSA) is 70.2 Å². The summed E-state index contributed by atoms with van der Waals surface area (Å²) >= 11 is 0. The molecule has 1 aromatic carbocycles. The van der Waals surface area contributed by atoms with E-state index in [4.69, 9.17) is 0 Å². The summed E-state index contributed by atoms with van der Waals surface area (Å²) in [7, 11) is 0. The molecule has 0 spiro atoms. The molecule has 2 aliphatic rings. The Balaban J connectivity index is 1.73. The van der Waals surface area contributed by atoms with Crippen LogP contribution < -0.4 is 16.2 Å². The third-order valence-electron chi connectivity index (χ3n) is 5.15. The van der Waals surface area contributed by atoms with Gasteiger partial charge >= 0.3 is 0 Å². The Bertz CT molecular complexity index is 585. The lowest BCUT2D eigenvalue weighted by Crippen LogP contribution is -2.65. The second-order valence-corrected chi connectivity index (χ2v) is 7.15. The highest BCUT2D eigenvalue weighted by atomic mass is 16.2. The van der Waals surface area contributed by atoms with Gasteiger partial charge in [0.15, 0.2) is 0 Å². The summed E-state index contributed by atoms with van der Waals surface area (Å²) in [5.74, 6) is 0.0292.